The molecule has 0 N–H and O–H groups in total. The maximum absolute atomic E-state index is 12.0. The number of aromatic nitrogens is 2. The third kappa shape index (κ3) is 4.26. The van der Waals surface area contributed by atoms with E-state index in [-0.39, 0.29) is 35.6 Å². The number of carbonyl (C=O) groups excluding carboxylic acids is 2. The van der Waals surface area contributed by atoms with Crippen molar-refractivity contribution in [2.24, 2.45) is 0 Å². The summed E-state index contributed by atoms with van der Waals surface area (Å²) in [7, 11) is 2.77. The van der Waals surface area contributed by atoms with Gasteiger partial charge in [-0.05, 0) is 94.5 Å². The predicted molar refractivity (Wildman–Crippen MR) is 135 cm³/mol. The molecule has 5 rings (SSSR count). The molecule has 0 unspecified atom stereocenters. The Hall–Kier alpha value is -4.32. The zero-order chi connectivity index (χ0) is 25.1. The Kier molecular flexibility index (Phi) is 6.58. The van der Waals surface area contributed by atoms with Gasteiger partial charge in [-0.25, -0.2) is 9.59 Å². The first kappa shape index (κ1) is 23.4. The molecule has 0 saturated heterocycles. The van der Waals surface area contributed by atoms with Crippen molar-refractivity contribution in [3.63, 3.8) is 0 Å². The summed E-state index contributed by atoms with van der Waals surface area (Å²) in [4.78, 5) is 32.5. The largest absolute Gasteiger partial charge is 0.465 e. The predicted octanol–water partition coefficient (Wildman–Crippen LogP) is 5.50. The molecule has 0 bridgehead atoms. The molecular formula is C30H26N2O4. The highest BCUT2D eigenvalue weighted by molar-refractivity contribution is 5.89. The topological polar surface area (TPSA) is 78.4 Å². The van der Waals surface area contributed by atoms with Crippen molar-refractivity contribution < 1.29 is 19.1 Å². The second kappa shape index (κ2) is 10.1. The molecule has 2 heterocycles. The van der Waals surface area contributed by atoms with Crippen LogP contribution in [0.25, 0.3) is 0 Å². The third-order valence-electron chi connectivity index (χ3n) is 7.16. The van der Waals surface area contributed by atoms with Crippen LogP contribution in [-0.4, -0.2) is 36.1 Å². The molecule has 1 fully saturated rings. The number of esters is 2. The van der Waals surface area contributed by atoms with Crippen molar-refractivity contribution in [2.75, 3.05) is 14.2 Å². The van der Waals surface area contributed by atoms with Crippen molar-refractivity contribution in [3.8, 4) is 0 Å². The van der Waals surface area contributed by atoms with Crippen LogP contribution < -0.4 is 0 Å². The van der Waals surface area contributed by atoms with Gasteiger partial charge in [0.15, 0.2) is 0 Å². The highest BCUT2D eigenvalue weighted by Gasteiger charge is 2.52. The molecule has 2 aromatic carbocycles. The number of hydrogen-bond donors (Lipinski definition) is 0. The molecule has 6 heteroatoms. The molecule has 0 spiro atoms. The summed E-state index contributed by atoms with van der Waals surface area (Å²) >= 11 is 0. The molecule has 4 aromatic rings. The number of rotatable bonds is 6. The first-order chi connectivity index (χ1) is 17.6. The monoisotopic (exact) mass is 478 g/mol. The maximum atomic E-state index is 12.0. The number of methoxy groups -OCH3 is 2. The van der Waals surface area contributed by atoms with E-state index in [9.17, 15) is 9.59 Å². The van der Waals surface area contributed by atoms with Crippen LogP contribution in [0.15, 0.2) is 97.6 Å². The summed E-state index contributed by atoms with van der Waals surface area (Å²) in [6.07, 6.45) is 7.31. The molecule has 4 atom stereocenters. The molecule has 1 saturated carbocycles. The third-order valence-corrected chi connectivity index (χ3v) is 7.16. The highest BCUT2D eigenvalue weighted by Crippen LogP contribution is 2.66. The minimum absolute atomic E-state index is 0.140. The summed E-state index contributed by atoms with van der Waals surface area (Å²) < 4.78 is 9.77. The average Bonchev–Trinajstić information content (AvgIpc) is 2.93. The van der Waals surface area contributed by atoms with E-state index in [1.165, 1.54) is 25.3 Å². The van der Waals surface area contributed by atoms with E-state index in [0.717, 1.165) is 11.1 Å². The van der Waals surface area contributed by atoms with Gasteiger partial charge in [-0.15, -0.1) is 0 Å². The van der Waals surface area contributed by atoms with Crippen LogP contribution in [-0.2, 0) is 9.47 Å². The van der Waals surface area contributed by atoms with Crippen molar-refractivity contribution in [1.82, 2.24) is 9.97 Å². The minimum atomic E-state index is -0.356. The van der Waals surface area contributed by atoms with Gasteiger partial charge < -0.3 is 9.47 Å². The normalized spacial score (nSPS) is 20.7. The van der Waals surface area contributed by atoms with Crippen LogP contribution in [0, 0.1) is 0 Å². The van der Waals surface area contributed by atoms with Gasteiger partial charge in [-0.1, -0.05) is 24.3 Å². The molecule has 36 heavy (non-hydrogen) atoms. The Bertz CT molecular complexity index is 1230. The standard InChI is InChI=1S/C30H26N2O4/c1-35-29(33)23-7-3-19(4-8-23)25-26(20-5-9-24(10-6-20)30(34)36-2)28(22-13-17-32-18-14-22)27(25)21-11-15-31-16-12-21/h3-18,25-28H,1-2H3/t25-,26+,27+,28-. The molecule has 0 amide bonds. The molecule has 1 aliphatic rings. The number of carbonyl (C=O) groups is 2. The number of benzene rings is 2. The molecule has 0 aliphatic heterocycles. The molecule has 0 radical (unpaired) electrons. The van der Waals surface area contributed by atoms with Crippen LogP contribution in [0.5, 0.6) is 0 Å². The SMILES string of the molecule is COC(=O)c1ccc([C@@H]2[C@@H](c3ccncc3)[C@@H](c3ccncc3)[C@@H]2c2ccc(C(=O)OC)cc2)cc1. The Morgan fingerprint density at radius 2 is 0.778 bits per heavy atom. The van der Waals surface area contributed by atoms with Crippen LogP contribution >= 0.6 is 0 Å². The van der Waals surface area contributed by atoms with Crippen molar-refractivity contribution in [1.29, 1.82) is 0 Å². The molecule has 6 nitrogen and oxygen atoms in total. The number of hydrogen-bond acceptors (Lipinski definition) is 6. The first-order valence-corrected chi connectivity index (χ1v) is 11.8. The average molecular weight is 479 g/mol. The van der Waals surface area contributed by atoms with Crippen LogP contribution in [0.4, 0.5) is 0 Å². The zero-order valence-electron chi connectivity index (χ0n) is 20.1. The van der Waals surface area contributed by atoms with Gasteiger partial charge in [-0.3, -0.25) is 9.97 Å². The van der Waals surface area contributed by atoms with Crippen LogP contribution in [0.2, 0.25) is 0 Å². The summed E-state index contributed by atoms with van der Waals surface area (Å²) in [5.41, 5.74) is 5.72. The minimum Gasteiger partial charge on any atom is -0.465 e. The van der Waals surface area contributed by atoms with Gasteiger partial charge in [0, 0.05) is 24.8 Å². The second-order valence-corrected chi connectivity index (χ2v) is 8.89. The van der Waals surface area contributed by atoms with Gasteiger partial charge >= 0.3 is 11.9 Å². The van der Waals surface area contributed by atoms with Crippen molar-refractivity contribution in [2.45, 2.75) is 23.7 Å². The van der Waals surface area contributed by atoms with Gasteiger partial charge in [0.1, 0.15) is 0 Å². The fraction of sp³-hybridized carbons (Fsp3) is 0.200. The Labute approximate surface area is 210 Å². The molecular weight excluding hydrogens is 452 g/mol. The zero-order valence-corrected chi connectivity index (χ0v) is 20.1. The van der Waals surface area contributed by atoms with E-state index in [4.69, 9.17) is 9.47 Å². The van der Waals surface area contributed by atoms with Crippen LogP contribution in [0.1, 0.15) is 66.6 Å². The summed E-state index contributed by atoms with van der Waals surface area (Å²) in [5.74, 6) is -0.0623. The van der Waals surface area contributed by atoms with E-state index in [1.54, 1.807) is 0 Å². The van der Waals surface area contributed by atoms with E-state index in [2.05, 4.69) is 34.2 Å². The lowest BCUT2D eigenvalue weighted by molar-refractivity contribution is 0.0591. The van der Waals surface area contributed by atoms with E-state index < -0.39 is 0 Å². The van der Waals surface area contributed by atoms with Crippen molar-refractivity contribution in [3.05, 3.63) is 131 Å². The Morgan fingerprint density at radius 3 is 1.06 bits per heavy atom. The quantitative estimate of drug-likeness (QED) is 0.341. The summed E-state index contributed by atoms with van der Waals surface area (Å²) in [6, 6.07) is 23.7. The lowest BCUT2D eigenvalue weighted by Gasteiger charge is -2.53. The summed E-state index contributed by atoms with van der Waals surface area (Å²) in [5, 5.41) is 0. The second-order valence-electron chi connectivity index (χ2n) is 8.89. The Balaban J connectivity index is 1.62. The molecule has 2 aromatic heterocycles. The molecule has 180 valence electrons. The van der Waals surface area contributed by atoms with Crippen LogP contribution in [0.3, 0.4) is 0 Å². The van der Waals surface area contributed by atoms with Crippen molar-refractivity contribution >= 4 is 11.9 Å². The molecule has 1 aliphatic carbocycles. The highest BCUT2D eigenvalue weighted by atomic mass is 16.5. The van der Waals surface area contributed by atoms with Gasteiger partial charge in [-0.2, -0.15) is 0 Å². The number of ether oxygens (including phenoxy) is 2. The fourth-order valence-electron chi connectivity index (χ4n) is 5.50. The first-order valence-electron chi connectivity index (χ1n) is 11.8. The number of nitrogens with zero attached hydrogens (tertiary/aromatic N) is 2. The maximum Gasteiger partial charge on any atom is 0.337 e. The lowest BCUT2D eigenvalue weighted by atomic mass is 9.49. The van der Waals surface area contributed by atoms with Gasteiger partial charge in [0.25, 0.3) is 0 Å². The van der Waals surface area contributed by atoms with Gasteiger partial charge in [0.05, 0.1) is 25.3 Å². The van der Waals surface area contributed by atoms with E-state index in [1.807, 2.05) is 73.3 Å². The van der Waals surface area contributed by atoms with E-state index in [0.29, 0.717) is 11.1 Å². The fourth-order valence-corrected chi connectivity index (χ4v) is 5.50. The summed E-state index contributed by atoms with van der Waals surface area (Å²) in [6.45, 7) is 0. The smallest absolute Gasteiger partial charge is 0.337 e. The number of pyridine rings is 2. The van der Waals surface area contributed by atoms with E-state index >= 15 is 0 Å². The lowest BCUT2D eigenvalue weighted by Crippen LogP contribution is -2.40. The van der Waals surface area contributed by atoms with Gasteiger partial charge in [0.2, 0.25) is 0 Å². The Morgan fingerprint density at radius 1 is 0.500 bits per heavy atom.